The first-order chi connectivity index (χ1) is 8.77. The summed E-state index contributed by atoms with van der Waals surface area (Å²) >= 11 is 0. The van der Waals surface area contributed by atoms with E-state index in [1.807, 2.05) is 39.8 Å². The molecule has 1 aromatic rings. The fraction of sp³-hybridized carbons (Fsp3) is 0.571. The Morgan fingerprint density at radius 1 is 1.32 bits per heavy atom. The summed E-state index contributed by atoms with van der Waals surface area (Å²) in [6.45, 7) is 7.89. The summed E-state index contributed by atoms with van der Waals surface area (Å²) in [7, 11) is 0. The van der Waals surface area contributed by atoms with Gasteiger partial charge in [0.2, 0.25) is 0 Å². The number of nitrogens with two attached hydrogens (primary N) is 1. The number of hydrogen-bond acceptors (Lipinski definition) is 4. The van der Waals surface area contributed by atoms with Gasteiger partial charge in [0.05, 0.1) is 5.54 Å². The Morgan fingerprint density at radius 3 is 2.37 bits per heavy atom. The van der Waals surface area contributed by atoms with Crippen LogP contribution in [0.15, 0.2) is 24.5 Å². The molecule has 3 N–H and O–H groups in total. The molecule has 1 unspecified atom stereocenters. The molecule has 1 rings (SSSR count). The van der Waals surface area contributed by atoms with Crippen LogP contribution in [-0.4, -0.2) is 23.2 Å². The van der Waals surface area contributed by atoms with Crippen LogP contribution >= 0.6 is 0 Å². The highest BCUT2D eigenvalue weighted by molar-refractivity contribution is 5.69. The molecule has 106 valence electrons. The molecular weight excluding hydrogens is 242 g/mol. The molecule has 0 aromatic carbocycles. The number of carbonyl (C=O) groups is 1. The molecule has 0 spiro atoms. The van der Waals surface area contributed by atoms with Crippen molar-refractivity contribution in [1.82, 2.24) is 10.3 Å². The molecule has 0 fully saturated rings. The van der Waals surface area contributed by atoms with Crippen molar-refractivity contribution in [3.8, 4) is 0 Å². The highest BCUT2D eigenvalue weighted by Crippen LogP contribution is 2.24. The summed E-state index contributed by atoms with van der Waals surface area (Å²) in [6.07, 6.45) is 3.57. The molecule has 1 atom stereocenters. The molecule has 0 saturated carbocycles. The fourth-order valence-electron chi connectivity index (χ4n) is 1.82. The standard InChI is InChI=1S/C14H23N3O2/c1-13(2,3)19-12(18)17-14(4,7-8-15)11-5-9-16-10-6-11/h5-6,9-10H,7-8,15H2,1-4H3,(H,17,18). The highest BCUT2D eigenvalue weighted by atomic mass is 16.6. The molecule has 0 radical (unpaired) electrons. The molecule has 1 heterocycles. The third-order valence-electron chi connectivity index (χ3n) is 2.74. The Labute approximate surface area is 114 Å². The molecule has 5 nitrogen and oxygen atoms in total. The van der Waals surface area contributed by atoms with E-state index in [0.717, 1.165) is 5.56 Å². The fourth-order valence-corrected chi connectivity index (χ4v) is 1.82. The van der Waals surface area contributed by atoms with Gasteiger partial charge in [-0.3, -0.25) is 4.98 Å². The Balaban J connectivity index is 2.86. The predicted molar refractivity (Wildman–Crippen MR) is 74.6 cm³/mol. The van der Waals surface area contributed by atoms with E-state index in [0.29, 0.717) is 13.0 Å². The third-order valence-corrected chi connectivity index (χ3v) is 2.74. The zero-order chi connectivity index (χ0) is 14.5. The quantitative estimate of drug-likeness (QED) is 0.874. The van der Waals surface area contributed by atoms with Crippen molar-refractivity contribution in [3.05, 3.63) is 30.1 Å². The lowest BCUT2D eigenvalue weighted by Gasteiger charge is -2.32. The zero-order valence-corrected chi connectivity index (χ0v) is 12.1. The molecule has 5 heteroatoms. The van der Waals surface area contributed by atoms with Gasteiger partial charge in [0.1, 0.15) is 5.60 Å². The van der Waals surface area contributed by atoms with Gasteiger partial charge in [-0.2, -0.15) is 0 Å². The monoisotopic (exact) mass is 265 g/mol. The van der Waals surface area contributed by atoms with Crippen molar-refractivity contribution in [3.63, 3.8) is 0 Å². The lowest BCUT2D eigenvalue weighted by Crippen LogP contribution is -2.46. The number of hydrogen-bond donors (Lipinski definition) is 2. The van der Waals surface area contributed by atoms with Gasteiger partial charge >= 0.3 is 6.09 Å². The topological polar surface area (TPSA) is 77.2 Å². The summed E-state index contributed by atoms with van der Waals surface area (Å²) in [5.74, 6) is 0. The molecular formula is C14H23N3O2. The first-order valence-electron chi connectivity index (χ1n) is 6.38. The van der Waals surface area contributed by atoms with E-state index < -0.39 is 17.2 Å². The van der Waals surface area contributed by atoms with Crippen molar-refractivity contribution >= 4 is 6.09 Å². The van der Waals surface area contributed by atoms with Gasteiger partial charge in [-0.1, -0.05) is 0 Å². The normalized spacial score (nSPS) is 14.6. The lowest BCUT2D eigenvalue weighted by atomic mass is 9.89. The number of pyridine rings is 1. The van der Waals surface area contributed by atoms with Crippen LogP contribution in [0.25, 0.3) is 0 Å². The van der Waals surface area contributed by atoms with Crippen LogP contribution in [0, 0.1) is 0 Å². The van der Waals surface area contributed by atoms with Gasteiger partial charge in [0.15, 0.2) is 0 Å². The van der Waals surface area contributed by atoms with Gasteiger partial charge < -0.3 is 15.8 Å². The summed E-state index contributed by atoms with van der Waals surface area (Å²) in [4.78, 5) is 15.9. The number of nitrogens with zero attached hydrogens (tertiary/aromatic N) is 1. The van der Waals surface area contributed by atoms with Gasteiger partial charge in [-0.15, -0.1) is 0 Å². The van der Waals surface area contributed by atoms with Crippen molar-refractivity contribution < 1.29 is 9.53 Å². The van der Waals surface area contributed by atoms with E-state index in [1.165, 1.54) is 0 Å². The van der Waals surface area contributed by atoms with Crippen molar-refractivity contribution in [2.24, 2.45) is 5.73 Å². The Hall–Kier alpha value is -1.62. The molecule has 1 amide bonds. The molecule has 0 aliphatic carbocycles. The van der Waals surface area contributed by atoms with Gasteiger partial charge in [0, 0.05) is 12.4 Å². The van der Waals surface area contributed by atoms with Crippen LogP contribution in [0.2, 0.25) is 0 Å². The Kier molecular flexibility index (Phi) is 4.89. The van der Waals surface area contributed by atoms with Crippen LogP contribution in [0.3, 0.4) is 0 Å². The average molecular weight is 265 g/mol. The van der Waals surface area contributed by atoms with E-state index >= 15 is 0 Å². The molecule has 19 heavy (non-hydrogen) atoms. The van der Waals surface area contributed by atoms with Gasteiger partial charge in [-0.25, -0.2) is 4.79 Å². The summed E-state index contributed by atoms with van der Waals surface area (Å²) in [6, 6.07) is 3.74. The number of aromatic nitrogens is 1. The smallest absolute Gasteiger partial charge is 0.408 e. The maximum Gasteiger partial charge on any atom is 0.408 e. The van der Waals surface area contributed by atoms with Crippen LogP contribution in [0.1, 0.15) is 39.7 Å². The minimum atomic E-state index is -0.556. The number of carbonyl (C=O) groups excluding carboxylic acids is 1. The Morgan fingerprint density at radius 2 is 1.89 bits per heavy atom. The van der Waals surface area contributed by atoms with Crippen LogP contribution in [0.5, 0.6) is 0 Å². The summed E-state index contributed by atoms with van der Waals surface area (Å²) < 4.78 is 5.29. The van der Waals surface area contributed by atoms with Crippen molar-refractivity contribution in [2.45, 2.75) is 45.3 Å². The number of amides is 1. The first-order valence-corrected chi connectivity index (χ1v) is 6.38. The van der Waals surface area contributed by atoms with Gasteiger partial charge in [-0.05, 0) is 58.4 Å². The number of ether oxygens (including phenoxy) is 1. The highest BCUT2D eigenvalue weighted by Gasteiger charge is 2.30. The first kappa shape index (κ1) is 15.4. The second-order valence-electron chi connectivity index (χ2n) is 5.73. The van der Waals surface area contributed by atoms with E-state index in [9.17, 15) is 4.79 Å². The van der Waals surface area contributed by atoms with Crippen LogP contribution in [0.4, 0.5) is 4.79 Å². The van der Waals surface area contributed by atoms with Crippen LogP contribution < -0.4 is 11.1 Å². The molecule has 0 saturated heterocycles. The zero-order valence-electron chi connectivity index (χ0n) is 12.1. The van der Waals surface area contributed by atoms with Crippen molar-refractivity contribution in [1.29, 1.82) is 0 Å². The lowest BCUT2D eigenvalue weighted by molar-refractivity contribution is 0.0457. The second-order valence-corrected chi connectivity index (χ2v) is 5.73. The van der Waals surface area contributed by atoms with E-state index in [2.05, 4.69) is 10.3 Å². The second kappa shape index (κ2) is 6.02. The van der Waals surface area contributed by atoms with Crippen LogP contribution in [-0.2, 0) is 10.3 Å². The average Bonchev–Trinajstić information content (AvgIpc) is 2.27. The summed E-state index contributed by atoms with van der Waals surface area (Å²) in [5.41, 5.74) is 5.53. The maximum atomic E-state index is 11.9. The van der Waals surface area contributed by atoms with E-state index in [1.54, 1.807) is 12.4 Å². The number of rotatable bonds is 4. The largest absolute Gasteiger partial charge is 0.444 e. The molecule has 0 bridgehead atoms. The molecule has 1 aromatic heterocycles. The minimum absolute atomic E-state index is 0.444. The minimum Gasteiger partial charge on any atom is -0.444 e. The SMILES string of the molecule is CC(C)(C)OC(=O)NC(C)(CCN)c1ccncc1. The molecule has 0 aliphatic heterocycles. The molecule has 0 aliphatic rings. The van der Waals surface area contributed by atoms with E-state index in [-0.39, 0.29) is 0 Å². The summed E-state index contributed by atoms with van der Waals surface area (Å²) in [5, 5.41) is 2.90. The van der Waals surface area contributed by atoms with E-state index in [4.69, 9.17) is 10.5 Å². The number of alkyl carbamates (subject to hydrolysis) is 1. The van der Waals surface area contributed by atoms with Crippen molar-refractivity contribution in [2.75, 3.05) is 6.54 Å². The third kappa shape index (κ3) is 4.87. The predicted octanol–water partition coefficient (Wildman–Crippen LogP) is 2.17. The maximum absolute atomic E-state index is 11.9. The number of nitrogens with one attached hydrogen (secondary N) is 1. The van der Waals surface area contributed by atoms with Gasteiger partial charge in [0.25, 0.3) is 0 Å². The Bertz CT molecular complexity index is 414.